The van der Waals surface area contributed by atoms with Crippen LogP contribution < -0.4 is 4.90 Å². The number of rotatable bonds is 16. The molecule has 0 radical (unpaired) electrons. The molecular formula is C54H111N49. The standard InChI is InChI=1S/C10H21N7.C8H19N7.2C7H16N6.C6H13N5.C6H11N5.C5H7N7.C5H8N6/c1-14-4-5-17(7-14)10-9(6-12-13-11)15(2)8-16(10)3;1-12(2)8-14(4)6-13(3)7(10-11-9)15(8)5;1-11(2)7-12(3)5-6(9-10-8)13(7)4;1-11-5-12(2)7-13(6-11)4-3-9-10-8;1-10-4-6(3-8-9-7)11(2)5-10;1-10-4-5-11(6-10)3-2-8-9-7;1-12(2)5-8-3-7-4(9-5)10-11-6;1-11(2)5-7-3-4(8-5)9-10-6/h9-10H,4-8H2,1-3H3;7-8H,6H2,1-5H3;6-7H,5H2,1-4H3;3-7H2,1-2H3;6H,3-5H2,1-2H3;2-3H,4-6H2,1H3;3H,1-2H3;3H2,1-2H3/b;;;;;3-2+;;. The van der Waals surface area contributed by atoms with Crippen molar-refractivity contribution in [2.24, 2.45) is 50.9 Å². The van der Waals surface area contributed by atoms with E-state index in [-0.39, 0.29) is 31.0 Å². The third kappa shape index (κ3) is 32.7. The van der Waals surface area contributed by atoms with Crippen LogP contribution in [-0.2, 0) is 0 Å². The molecule has 7 unspecified atom stereocenters. The Hall–Kier alpha value is -8.71. The van der Waals surface area contributed by atoms with Crippen molar-refractivity contribution in [3.8, 4) is 0 Å². The normalized spacial score (nSPS) is 24.1. The molecule has 1 aromatic heterocycles. The van der Waals surface area contributed by atoms with Crippen molar-refractivity contribution in [3.63, 3.8) is 0 Å². The molecule has 0 spiro atoms. The van der Waals surface area contributed by atoms with Crippen molar-refractivity contribution in [2.45, 2.75) is 43.3 Å². The number of nitrogens with zero attached hydrogens (tertiary/aromatic N) is 49. The van der Waals surface area contributed by atoms with Crippen LogP contribution in [0.5, 0.6) is 0 Å². The predicted octanol–water partition coefficient (Wildman–Crippen LogP) is 3.90. The summed E-state index contributed by atoms with van der Waals surface area (Å²) in [5.74, 6) is 1.58. The second-order valence-corrected chi connectivity index (χ2v) is 26.3. The van der Waals surface area contributed by atoms with Gasteiger partial charge in [0.25, 0.3) is 0 Å². The van der Waals surface area contributed by atoms with Gasteiger partial charge in [-0.15, -0.1) is 0 Å². The molecule has 49 nitrogen and oxygen atoms in total. The second-order valence-electron chi connectivity index (χ2n) is 26.3. The molecule has 103 heavy (non-hydrogen) atoms. The summed E-state index contributed by atoms with van der Waals surface area (Å²) in [4.78, 5) is 83.9. The lowest BCUT2D eigenvalue weighted by Gasteiger charge is -2.50. The van der Waals surface area contributed by atoms with Gasteiger partial charge in [0.15, 0.2) is 0 Å². The smallest absolute Gasteiger partial charge is 0.228 e. The van der Waals surface area contributed by atoms with Crippen molar-refractivity contribution in [1.29, 1.82) is 0 Å². The Kier molecular flexibility index (Phi) is 43.0. The van der Waals surface area contributed by atoms with E-state index in [9.17, 15) is 0 Å². The van der Waals surface area contributed by atoms with E-state index in [0.717, 1.165) is 99.2 Å². The number of likely N-dealkylation sites (N-methyl/N-ethyl adjacent to an activating group) is 8. The van der Waals surface area contributed by atoms with Crippen LogP contribution in [0.15, 0.2) is 69.6 Å². The summed E-state index contributed by atoms with van der Waals surface area (Å²) in [6.07, 6.45) is 5.03. The molecule has 0 bridgehead atoms. The summed E-state index contributed by atoms with van der Waals surface area (Å²) in [7, 11) is 41.9. The summed E-state index contributed by atoms with van der Waals surface area (Å²) < 4.78 is 0. The van der Waals surface area contributed by atoms with Gasteiger partial charge in [-0.3, -0.25) is 83.3 Å². The summed E-state index contributed by atoms with van der Waals surface area (Å²) in [6.45, 7) is 16.4. The Balaban J connectivity index is 0.000000402. The van der Waals surface area contributed by atoms with Crippen molar-refractivity contribution in [2.75, 3.05) is 278 Å². The van der Waals surface area contributed by atoms with Crippen molar-refractivity contribution in [3.05, 3.63) is 102 Å². The topological polar surface area (TPSA) is 518 Å². The Morgan fingerprint density at radius 2 is 1.12 bits per heavy atom. The maximum absolute atomic E-state index is 8.52. The highest BCUT2D eigenvalue weighted by Crippen LogP contribution is 2.24. The average molecular weight is 1450 g/mol. The van der Waals surface area contributed by atoms with Crippen LogP contribution in [-0.4, -0.2) is 436 Å². The van der Waals surface area contributed by atoms with E-state index in [4.69, 9.17) is 44.2 Å². The van der Waals surface area contributed by atoms with Crippen LogP contribution in [0.3, 0.4) is 0 Å². The number of aromatic nitrogens is 3. The van der Waals surface area contributed by atoms with E-state index in [0.29, 0.717) is 62.2 Å². The molecule has 0 saturated carbocycles. The first-order valence-electron chi connectivity index (χ1n) is 32.6. The van der Waals surface area contributed by atoms with Crippen molar-refractivity contribution >= 4 is 23.7 Å². The number of amidine groups is 1. The number of hydrogen-bond donors (Lipinski definition) is 0. The Bertz CT molecular complexity index is 3150. The Labute approximate surface area is 604 Å². The van der Waals surface area contributed by atoms with Gasteiger partial charge in [0.2, 0.25) is 17.9 Å². The summed E-state index contributed by atoms with van der Waals surface area (Å²) >= 11 is 0. The van der Waals surface area contributed by atoms with Crippen molar-refractivity contribution in [1.82, 2.24) is 108 Å². The number of hydrogen-bond acceptors (Lipinski definition) is 33. The molecule has 8 aliphatic heterocycles. The number of guanidine groups is 1. The highest BCUT2D eigenvalue weighted by Gasteiger charge is 2.41. The lowest BCUT2D eigenvalue weighted by atomic mass is 10.2. The third-order valence-electron chi connectivity index (χ3n) is 16.3. The van der Waals surface area contributed by atoms with Gasteiger partial charge in [0.1, 0.15) is 37.2 Å². The van der Waals surface area contributed by atoms with Crippen LogP contribution in [0.2, 0.25) is 0 Å². The largest absolute Gasteiger partial charge is 0.363 e. The van der Waals surface area contributed by atoms with E-state index in [1.165, 1.54) is 12.5 Å². The monoisotopic (exact) mass is 1450 g/mol. The Morgan fingerprint density at radius 3 is 1.62 bits per heavy atom. The SMILES string of the molecule is CN(C)C1=NCC(N=[N+]=[N-])=N1.CN(C)C1N(C)CC(N=[N+]=[N-])N1C.CN(C)C1N(C)CN(C)C(N=[N+]=[N-])N1C.CN(C)c1ncnc(N=[N+]=[N-])n1.CN1CC(CN=[N+]=[N-])N(C)C1.CN1CCN(/C=C/N=[N+]=[N-])C1.CN1CCN(C2C(CN=[N+]=[N-])N(C)CN2C)C1.CN1CN(C)CN(CCN=[N+]=[N-])C1. The average Bonchev–Trinajstić information content (AvgIpc) is 1.78. The molecular weight excluding hydrogens is 1330 g/mol. The van der Waals surface area contributed by atoms with Crippen LogP contribution >= 0.6 is 0 Å². The Morgan fingerprint density at radius 1 is 0.515 bits per heavy atom. The third-order valence-corrected chi connectivity index (χ3v) is 16.3. The van der Waals surface area contributed by atoms with Gasteiger partial charge in [-0.05, 0) is 174 Å². The van der Waals surface area contributed by atoms with Crippen LogP contribution in [0.1, 0.15) is 0 Å². The molecule has 7 saturated heterocycles. The van der Waals surface area contributed by atoms with Gasteiger partial charge in [-0.1, -0.05) is 30.7 Å². The zero-order chi connectivity index (χ0) is 77.3. The van der Waals surface area contributed by atoms with Gasteiger partial charge in [0.05, 0.1) is 66.1 Å². The molecule has 0 aliphatic carbocycles. The minimum atomic E-state index is -0.224. The van der Waals surface area contributed by atoms with E-state index < -0.39 is 0 Å². The van der Waals surface area contributed by atoms with E-state index >= 15 is 0 Å². The lowest BCUT2D eigenvalue weighted by Crippen LogP contribution is -2.66. The van der Waals surface area contributed by atoms with Crippen molar-refractivity contribution < 1.29 is 0 Å². The molecule has 49 heteroatoms. The molecule has 572 valence electrons. The fourth-order valence-corrected chi connectivity index (χ4v) is 12.3. The highest BCUT2D eigenvalue weighted by molar-refractivity contribution is 6.02. The first-order valence-corrected chi connectivity index (χ1v) is 32.6. The zero-order valence-corrected chi connectivity index (χ0v) is 64.1. The number of azide groups is 8. The van der Waals surface area contributed by atoms with Crippen LogP contribution in [0, 0.1) is 0 Å². The molecule has 8 aliphatic rings. The molecule has 7 atom stereocenters. The predicted molar refractivity (Wildman–Crippen MR) is 397 cm³/mol. The molecule has 7 fully saturated rings. The summed E-state index contributed by atoms with van der Waals surface area (Å²) in [5.41, 5.74) is 65.7. The summed E-state index contributed by atoms with van der Waals surface area (Å²) in [6, 6.07) is 0.693. The zero-order valence-electron chi connectivity index (χ0n) is 64.1. The molecule has 9 heterocycles. The van der Waals surface area contributed by atoms with E-state index in [1.54, 1.807) is 23.9 Å². The van der Waals surface area contributed by atoms with E-state index in [2.05, 4.69) is 233 Å². The van der Waals surface area contributed by atoms with Gasteiger partial charge in [0, 0.05) is 157 Å². The fourth-order valence-electron chi connectivity index (χ4n) is 12.3. The van der Waals surface area contributed by atoms with Crippen LogP contribution in [0.4, 0.5) is 11.9 Å². The number of aliphatic imine (C=N–C) groups is 2. The first-order chi connectivity index (χ1) is 48.9. The molecule has 0 aromatic carbocycles. The number of anilines is 1. The highest BCUT2D eigenvalue weighted by atomic mass is 15.6. The van der Waals surface area contributed by atoms with E-state index in [1.807, 2.05) is 101 Å². The van der Waals surface area contributed by atoms with Gasteiger partial charge >= 0.3 is 0 Å². The second kappa shape index (κ2) is 49.0. The van der Waals surface area contributed by atoms with Crippen LogP contribution in [0.25, 0.3) is 83.5 Å². The fraction of sp³-hybridized carbons (Fsp3) is 0.870. The maximum Gasteiger partial charge on any atom is 0.228 e. The summed E-state index contributed by atoms with van der Waals surface area (Å²) in [5, 5.41) is 28.2. The van der Waals surface area contributed by atoms with Gasteiger partial charge in [-0.2, -0.15) is 4.98 Å². The molecule has 0 amide bonds. The maximum atomic E-state index is 8.52. The molecule has 0 N–H and O–H groups in total. The lowest BCUT2D eigenvalue weighted by molar-refractivity contribution is -0.146. The minimum Gasteiger partial charge on any atom is -0.363 e. The molecule has 1 aromatic rings. The van der Waals surface area contributed by atoms with Gasteiger partial charge in [-0.25, -0.2) is 20.0 Å². The van der Waals surface area contributed by atoms with Gasteiger partial charge < -0.3 is 14.7 Å². The first kappa shape index (κ1) is 90.4. The quantitative estimate of drug-likeness (QED) is 0.129. The minimum absolute atomic E-state index is 0.0533. The molecule has 9 rings (SSSR count).